The monoisotopic (exact) mass is 535 g/mol. The summed E-state index contributed by atoms with van der Waals surface area (Å²) in [6, 6.07) is 0. The lowest BCUT2D eigenvalue weighted by molar-refractivity contribution is -0.200. The molecule has 0 aromatic heterocycles. The molecule has 2 amide bonds. The summed E-state index contributed by atoms with van der Waals surface area (Å²) >= 11 is 0. The highest BCUT2D eigenvalue weighted by atomic mass is 16.7. The fourth-order valence-corrected chi connectivity index (χ4v) is 6.00. The molecule has 0 radical (unpaired) electrons. The van der Waals surface area contributed by atoms with Gasteiger partial charge in [-0.2, -0.15) is 0 Å². The van der Waals surface area contributed by atoms with E-state index in [-0.39, 0.29) is 61.1 Å². The van der Waals surface area contributed by atoms with Gasteiger partial charge in [-0.25, -0.2) is 4.79 Å². The lowest BCUT2D eigenvalue weighted by atomic mass is 9.85. The fraction of sp³-hybridized carbons (Fsp3) is 0.759. The number of aliphatic hydroxyl groups is 1. The van der Waals surface area contributed by atoms with Crippen molar-refractivity contribution in [3.63, 3.8) is 0 Å². The predicted octanol–water partition coefficient (Wildman–Crippen LogP) is 3.89. The van der Waals surface area contributed by atoms with Crippen LogP contribution in [0.5, 0.6) is 0 Å². The minimum atomic E-state index is -0.629. The Labute approximate surface area is 226 Å². The summed E-state index contributed by atoms with van der Waals surface area (Å²) in [6.07, 6.45) is 7.69. The van der Waals surface area contributed by atoms with E-state index in [1.54, 1.807) is 14.0 Å². The minimum Gasteiger partial charge on any atom is -0.391 e. The van der Waals surface area contributed by atoms with Crippen molar-refractivity contribution in [3.05, 3.63) is 23.8 Å². The number of hydrogen-bond donors (Lipinski definition) is 1. The Morgan fingerprint density at radius 1 is 1.21 bits per heavy atom. The van der Waals surface area contributed by atoms with Gasteiger partial charge in [0.2, 0.25) is 0 Å². The molecule has 0 saturated carbocycles. The molecule has 3 aliphatic rings. The predicted molar refractivity (Wildman–Crippen MR) is 140 cm³/mol. The van der Waals surface area contributed by atoms with E-state index in [1.807, 2.05) is 6.92 Å². The molecule has 9 atom stereocenters. The van der Waals surface area contributed by atoms with Crippen LogP contribution in [-0.2, 0) is 33.4 Å². The zero-order valence-corrected chi connectivity index (χ0v) is 23.8. The van der Waals surface area contributed by atoms with Gasteiger partial charge >= 0.3 is 5.97 Å². The molecule has 0 bridgehead atoms. The number of amides is 2. The number of imide groups is 1. The minimum absolute atomic E-state index is 0.00239. The summed E-state index contributed by atoms with van der Waals surface area (Å²) in [4.78, 5) is 40.7. The van der Waals surface area contributed by atoms with Crippen LogP contribution in [-0.4, -0.2) is 71.2 Å². The van der Waals surface area contributed by atoms with E-state index in [2.05, 4.69) is 45.9 Å². The maximum Gasteiger partial charge on any atom is 0.335 e. The Balaban J connectivity index is 1.49. The Hall–Kier alpha value is -2.07. The average Bonchev–Trinajstić information content (AvgIpc) is 3.41. The van der Waals surface area contributed by atoms with Crippen LogP contribution in [0.3, 0.4) is 0 Å². The van der Waals surface area contributed by atoms with E-state index >= 15 is 0 Å². The molecule has 38 heavy (non-hydrogen) atoms. The van der Waals surface area contributed by atoms with E-state index < -0.39 is 23.9 Å². The molecule has 214 valence electrons. The van der Waals surface area contributed by atoms with Crippen molar-refractivity contribution in [2.24, 2.45) is 17.8 Å². The van der Waals surface area contributed by atoms with Crippen molar-refractivity contribution in [1.82, 2.24) is 5.06 Å². The smallest absolute Gasteiger partial charge is 0.335 e. The first-order valence-corrected chi connectivity index (χ1v) is 13.8. The first kappa shape index (κ1) is 30.5. The number of carbonyl (C=O) groups excluding carboxylic acids is 3. The number of aliphatic hydroxyl groups excluding tert-OH is 1. The molecule has 3 heterocycles. The quantitative estimate of drug-likeness (QED) is 0.227. The van der Waals surface area contributed by atoms with Crippen LogP contribution in [0, 0.1) is 17.8 Å². The van der Waals surface area contributed by atoms with Gasteiger partial charge in [-0.3, -0.25) is 9.59 Å². The van der Waals surface area contributed by atoms with Crippen molar-refractivity contribution < 1.29 is 38.5 Å². The van der Waals surface area contributed by atoms with Crippen LogP contribution in [0.1, 0.15) is 80.1 Å². The van der Waals surface area contributed by atoms with E-state index in [0.29, 0.717) is 17.4 Å². The summed E-state index contributed by atoms with van der Waals surface area (Å²) in [6.45, 7) is 12.3. The van der Waals surface area contributed by atoms with Gasteiger partial charge in [-0.1, -0.05) is 39.0 Å². The van der Waals surface area contributed by atoms with Crippen LogP contribution >= 0.6 is 0 Å². The molecule has 0 aliphatic carbocycles. The Morgan fingerprint density at radius 3 is 2.47 bits per heavy atom. The summed E-state index contributed by atoms with van der Waals surface area (Å²) in [7, 11) is 1.62. The first-order chi connectivity index (χ1) is 17.9. The number of methoxy groups -OCH3 is 1. The molecular formula is C29H45NO8. The normalized spacial score (nSPS) is 33.4. The second kappa shape index (κ2) is 12.9. The highest BCUT2D eigenvalue weighted by Crippen LogP contribution is 2.47. The molecule has 3 saturated heterocycles. The SMILES string of the molecule is CO[C@H]([C@@H](C)[C@H]1O[C@]1(C)C[C@H](C)/C=C/C=C(\C)[C@H]1O[C@@H](CC(=O)ON2C(=O)CCC2=O)CC[C@@H]1C)[C@@H](C)O. The van der Waals surface area contributed by atoms with Gasteiger partial charge in [-0.05, 0) is 57.4 Å². The standard InChI is InChI=1S/C29H45NO8/c1-17(16-29(6)28(37-29)20(4)27(35-7)21(5)31)9-8-10-18(2)26-19(3)11-12-22(36-26)15-25(34)38-30-23(32)13-14-24(30)33/h8-10,17,19-22,26-28,31H,11-16H2,1-7H3/b9-8+,18-10+/t17-,19+,20-,21-,22-,26-,27-,28-,29-/m1/s1. The third-order valence-corrected chi connectivity index (χ3v) is 8.05. The maximum absolute atomic E-state index is 12.3. The Morgan fingerprint density at radius 2 is 1.87 bits per heavy atom. The number of nitrogens with zero attached hydrogens (tertiary/aromatic N) is 1. The highest BCUT2D eigenvalue weighted by molar-refractivity contribution is 6.01. The number of ether oxygens (including phenoxy) is 3. The molecule has 0 aromatic carbocycles. The van der Waals surface area contributed by atoms with Gasteiger partial charge < -0.3 is 24.2 Å². The van der Waals surface area contributed by atoms with Crippen molar-refractivity contribution in [2.45, 2.75) is 116 Å². The summed E-state index contributed by atoms with van der Waals surface area (Å²) in [5.74, 6) is -0.909. The molecule has 3 aliphatic heterocycles. The fourth-order valence-electron chi connectivity index (χ4n) is 6.00. The van der Waals surface area contributed by atoms with Gasteiger partial charge in [0.25, 0.3) is 11.8 Å². The van der Waals surface area contributed by atoms with Gasteiger partial charge in [0.15, 0.2) is 0 Å². The summed E-state index contributed by atoms with van der Waals surface area (Å²) in [5.41, 5.74) is 0.838. The Bertz CT molecular complexity index is 914. The number of allylic oxidation sites excluding steroid dienone is 3. The van der Waals surface area contributed by atoms with Crippen LogP contribution in [0.25, 0.3) is 0 Å². The van der Waals surface area contributed by atoms with Crippen LogP contribution in [0.15, 0.2) is 23.8 Å². The van der Waals surface area contributed by atoms with Crippen molar-refractivity contribution in [1.29, 1.82) is 0 Å². The third-order valence-electron chi connectivity index (χ3n) is 8.05. The van der Waals surface area contributed by atoms with E-state index in [4.69, 9.17) is 19.0 Å². The molecule has 0 aromatic rings. The lowest BCUT2D eigenvalue weighted by Crippen LogP contribution is -2.38. The van der Waals surface area contributed by atoms with Crippen LogP contribution < -0.4 is 0 Å². The largest absolute Gasteiger partial charge is 0.391 e. The molecule has 3 rings (SSSR count). The number of hydrogen-bond acceptors (Lipinski definition) is 8. The zero-order valence-electron chi connectivity index (χ0n) is 23.8. The molecule has 1 N–H and O–H groups in total. The average molecular weight is 536 g/mol. The molecule has 9 heteroatoms. The first-order valence-electron chi connectivity index (χ1n) is 13.8. The van der Waals surface area contributed by atoms with E-state index in [0.717, 1.165) is 18.4 Å². The zero-order chi connectivity index (χ0) is 28.2. The summed E-state index contributed by atoms with van der Waals surface area (Å²) in [5, 5.41) is 10.6. The van der Waals surface area contributed by atoms with Crippen molar-refractivity contribution in [3.8, 4) is 0 Å². The molecular weight excluding hydrogens is 490 g/mol. The van der Waals surface area contributed by atoms with Gasteiger partial charge in [0.05, 0.1) is 42.5 Å². The van der Waals surface area contributed by atoms with Gasteiger partial charge in [0.1, 0.15) is 0 Å². The van der Waals surface area contributed by atoms with E-state index in [1.165, 1.54) is 0 Å². The molecule has 0 unspecified atom stereocenters. The molecule has 0 spiro atoms. The third kappa shape index (κ3) is 7.52. The number of epoxide rings is 1. The second-order valence-corrected chi connectivity index (χ2v) is 11.6. The van der Waals surface area contributed by atoms with Crippen LogP contribution in [0.2, 0.25) is 0 Å². The van der Waals surface area contributed by atoms with E-state index in [9.17, 15) is 19.5 Å². The van der Waals surface area contributed by atoms with Crippen LogP contribution in [0.4, 0.5) is 0 Å². The van der Waals surface area contributed by atoms with Crippen molar-refractivity contribution in [2.75, 3.05) is 7.11 Å². The topological polar surface area (TPSA) is 115 Å². The summed E-state index contributed by atoms with van der Waals surface area (Å²) < 4.78 is 17.8. The van der Waals surface area contributed by atoms with Gasteiger partial charge in [0, 0.05) is 25.9 Å². The van der Waals surface area contributed by atoms with Gasteiger partial charge in [-0.15, -0.1) is 5.06 Å². The highest BCUT2D eigenvalue weighted by Gasteiger charge is 2.56. The number of hydroxylamine groups is 2. The maximum atomic E-state index is 12.3. The molecule has 9 nitrogen and oxygen atoms in total. The number of carbonyl (C=O) groups is 3. The Kier molecular flexibility index (Phi) is 10.3. The van der Waals surface area contributed by atoms with Crippen molar-refractivity contribution >= 4 is 17.8 Å². The molecule has 3 fully saturated rings. The second-order valence-electron chi connectivity index (χ2n) is 11.6. The lowest BCUT2D eigenvalue weighted by Gasteiger charge is -2.35. The number of rotatable bonds is 12.